The minimum atomic E-state index is -0.380. The van der Waals surface area contributed by atoms with E-state index in [2.05, 4.69) is 21.2 Å². The van der Waals surface area contributed by atoms with Crippen molar-refractivity contribution in [3.63, 3.8) is 0 Å². The maximum Gasteiger partial charge on any atom is 0.224 e. The van der Waals surface area contributed by atoms with Crippen molar-refractivity contribution in [2.24, 2.45) is 17.6 Å². The summed E-state index contributed by atoms with van der Waals surface area (Å²) >= 11 is 3.34. The Kier molecular flexibility index (Phi) is 6.26. The molecule has 1 aliphatic rings. The molecular weight excluding hydrogens is 284 g/mol. The quantitative estimate of drug-likeness (QED) is 0.441. The lowest BCUT2D eigenvalue weighted by molar-refractivity contribution is -0.133. The highest BCUT2D eigenvalue weighted by Crippen LogP contribution is 2.25. The molecule has 0 aromatic carbocycles. The largest absolute Gasteiger partial charge is 0.369 e. The number of amides is 2. The first-order valence-electron chi connectivity index (χ1n) is 5.94. The Morgan fingerprint density at radius 1 is 1.24 bits per heavy atom. The van der Waals surface area contributed by atoms with Crippen molar-refractivity contribution in [1.82, 2.24) is 5.32 Å². The molecule has 2 amide bonds. The fourth-order valence-electron chi connectivity index (χ4n) is 1.98. The molecule has 1 rings (SSSR count). The third kappa shape index (κ3) is 4.50. The van der Waals surface area contributed by atoms with Crippen molar-refractivity contribution >= 4 is 27.7 Å². The van der Waals surface area contributed by atoms with Gasteiger partial charge in [-0.3, -0.25) is 9.59 Å². The molecule has 0 aromatic rings. The summed E-state index contributed by atoms with van der Waals surface area (Å²) in [5.74, 6) is -1.07. The number of hydrogen-bond acceptors (Lipinski definition) is 2. The molecule has 0 radical (unpaired) electrons. The zero-order chi connectivity index (χ0) is 12.7. The number of halogens is 1. The summed E-state index contributed by atoms with van der Waals surface area (Å²) in [6, 6.07) is 0. The summed E-state index contributed by atoms with van der Waals surface area (Å²) in [5.41, 5.74) is 5.31. The topological polar surface area (TPSA) is 72.2 Å². The number of alkyl halides is 1. The van der Waals surface area contributed by atoms with Gasteiger partial charge in [0, 0.05) is 11.9 Å². The summed E-state index contributed by atoms with van der Waals surface area (Å²) in [5, 5.41) is 3.81. The molecule has 0 heterocycles. The smallest absolute Gasteiger partial charge is 0.224 e. The lowest BCUT2D eigenvalue weighted by Gasteiger charge is -2.24. The van der Waals surface area contributed by atoms with E-state index in [1.165, 1.54) is 0 Å². The van der Waals surface area contributed by atoms with Crippen molar-refractivity contribution in [2.75, 3.05) is 11.9 Å². The summed E-state index contributed by atoms with van der Waals surface area (Å²) in [6.07, 6.45) is 7.03. The number of carbonyl (C=O) groups is 2. The predicted molar refractivity (Wildman–Crippen MR) is 70.6 cm³/mol. The van der Waals surface area contributed by atoms with E-state index in [-0.39, 0.29) is 23.7 Å². The van der Waals surface area contributed by atoms with Gasteiger partial charge >= 0.3 is 0 Å². The Labute approximate surface area is 110 Å². The van der Waals surface area contributed by atoms with Crippen LogP contribution >= 0.6 is 15.9 Å². The number of carbonyl (C=O) groups excluding carboxylic acids is 2. The van der Waals surface area contributed by atoms with Crippen molar-refractivity contribution in [2.45, 2.75) is 25.7 Å². The maximum absolute atomic E-state index is 11.9. The SMILES string of the molecule is NC(=O)C1CC=CCC1C(=O)NCCCCBr. The molecule has 1 aliphatic carbocycles. The van der Waals surface area contributed by atoms with Gasteiger partial charge in [0.1, 0.15) is 0 Å². The van der Waals surface area contributed by atoms with Gasteiger partial charge in [0.2, 0.25) is 11.8 Å². The Morgan fingerprint density at radius 3 is 2.47 bits per heavy atom. The predicted octanol–water partition coefficient (Wildman–Crippen LogP) is 1.35. The highest BCUT2D eigenvalue weighted by molar-refractivity contribution is 9.09. The highest BCUT2D eigenvalue weighted by atomic mass is 79.9. The molecule has 4 nitrogen and oxygen atoms in total. The molecule has 0 spiro atoms. The minimum Gasteiger partial charge on any atom is -0.369 e. The highest BCUT2D eigenvalue weighted by Gasteiger charge is 2.32. The number of hydrogen-bond donors (Lipinski definition) is 2. The number of primary amides is 1. The molecule has 0 aromatic heterocycles. The second kappa shape index (κ2) is 7.48. The molecule has 0 saturated carbocycles. The lowest BCUT2D eigenvalue weighted by Crippen LogP contribution is -2.41. The van der Waals surface area contributed by atoms with Gasteiger partial charge in [0.25, 0.3) is 0 Å². The van der Waals surface area contributed by atoms with Gasteiger partial charge in [0.05, 0.1) is 11.8 Å². The average molecular weight is 303 g/mol. The third-order valence-corrected chi connectivity index (χ3v) is 3.55. The van der Waals surface area contributed by atoms with E-state index in [0.717, 1.165) is 18.2 Å². The van der Waals surface area contributed by atoms with Crippen LogP contribution in [0.3, 0.4) is 0 Å². The average Bonchev–Trinajstić information content (AvgIpc) is 2.34. The Bertz CT molecular complexity index is 305. The second-order valence-corrected chi connectivity index (χ2v) is 5.04. The number of allylic oxidation sites excluding steroid dienone is 2. The van der Waals surface area contributed by atoms with Crippen LogP contribution in [0.1, 0.15) is 25.7 Å². The Hall–Kier alpha value is -0.840. The van der Waals surface area contributed by atoms with Crippen LogP contribution in [0, 0.1) is 11.8 Å². The summed E-state index contributed by atoms with van der Waals surface area (Å²) < 4.78 is 0. The van der Waals surface area contributed by atoms with Crippen LogP contribution in [0.25, 0.3) is 0 Å². The van der Waals surface area contributed by atoms with E-state index >= 15 is 0 Å². The zero-order valence-corrected chi connectivity index (χ0v) is 11.4. The first-order valence-corrected chi connectivity index (χ1v) is 7.07. The molecule has 2 atom stereocenters. The first kappa shape index (κ1) is 14.2. The molecule has 17 heavy (non-hydrogen) atoms. The monoisotopic (exact) mass is 302 g/mol. The molecular formula is C12H19BrN2O2. The van der Waals surface area contributed by atoms with Gasteiger partial charge < -0.3 is 11.1 Å². The number of nitrogens with one attached hydrogen (secondary N) is 1. The first-order chi connectivity index (χ1) is 8.16. The van der Waals surface area contributed by atoms with Crippen molar-refractivity contribution in [3.8, 4) is 0 Å². The van der Waals surface area contributed by atoms with Crippen LogP contribution in [0.4, 0.5) is 0 Å². The normalized spacial score (nSPS) is 23.4. The van der Waals surface area contributed by atoms with E-state index in [9.17, 15) is 9.59 Å². The van der Waals surface area contributed by atoms with E-state index in [0.29, 0.717) is 19.4 Å². The second-order valence-electron chi connectivity index (χ2n) is 4.25. The van der Waals surface area contributed by atoms with Crippen molar-refractivity contribution < 1.29 is 9.59 Å². The van der Waals surface area contributed by atoms with Crippen molar-refractivity contribution in [1.29, 1.82) is 0 Å². The molecule has 0 bridgehead atoms. The van der Waals surface area contributed by atoms with Crippen LogP contribution in [-0.4, -0.2) is 23.7 Å². The van der Waals surface area contributed by atoms with Crippen LogP contribution in [-0.2, 0) is 9.59 Å². The summed E-state index contributed by atoms with van der Waals surface area (Å²) in [7, 11) is 0. The van der Waals surface area contributed by atoms with Gasteiger partial charge in [0.15, 0.2) is 0 Å². The van der Waals surface area contributed by atoms with E-state index < -0.39 is 0 Å². The molecule has 0 fully saturated rings. The zero-order valence-electron chi connectivity index (χ0n) is 9.82. The van der Waals surface area contributed by atoms with Crippen LogP contribution in [0.2, 0.25) is 0 Å². The van der Waals surface area contributed by atoms with Gasteiger partial charge in [-0.25, -0.2) is 0 Å². The van der Waals surface area contributed by atoms with Crippen LogP contribution in [0.15, 0.2) is 12.2 Å². The molecule has 0 saturated heterocycles. The maximum atomic E-state index is 11.9. The number of rotatable bonds is 6. The third-order valence-electron chi connectivity index (χ3n) is 2.99. The number of unbranched alkanes of at least 4 members (excludes halogenated alkanes) is 1. The molecule has 5 heteroatoms. The van der Waals surface area contributed by atoms with Gasteiger partial charge in [-0.05, 0) is 25.7 Å². The summed E-state index contributed by atoms with van der Waals surface area (Å²) in [4.78, 5) is 23.2. The lowest BCUT2D eigenvalue weighted by atomic mass is 9.82. The Morgan fingerprint density at radius 2 is 1.88 bits per heavy atom. The molecule has 2 unspecified atom stereocenters. The molecule has 0 aliphatic heterocycles. The number of nitrogens with two attached hydrogens (primary N) is 1. The van der Waals surface area contributed by atoms with Gasteiger partial charge in [-0.1, -0.05) is 28.1 Å². The van der Waals surface area contributed by atoms with Crippen LogP contribution in [0.5, 0.6) is 0 Å². The molecule has 3 N–H and O–H groups in total. The van der Waals surface area contributed by atoms with Gasteiger partial charge in [-0.2, -0.15) is 0 Å². The standard InChI is InChI=1S/C12H19BrN2O2/c13-7-3-4-8-15-12(17)10-6-2-1-5-9(10)11(14)16/h1-2,9-10H,3-8H2,(H2,14,16)(H,15,17). The van der Waals surface area contributed by atoms with E-state index in [4.69, 9.17) is 5.73 Å². The Balaban J connectivity index is 2.43. The van der Waals surface area contributed by atoms with Crippen molar-refractivity contribution in [3.05, 3.63) is 12.2 Å². The minimum absolute atomic E-state index is 0.0484. The fourth-order valence-corrected chi connectivity index (χ4v) is 2.38. The fraction of sp³-hybridized carbons (Fsp3) is 0.667. The molecule has 96 valence electrons. The van der Waals surface area contributed by atoms with Gasteiger partial charge in [-0.15, -0.1) is 0 Å². The summed E-state index contributed by atoms with van der Waals surface area (Å²) in [6.45, 7) is 0.663. The van der Waals surface area contributed by atoms with E-state index in [1.54, 1.807) is 0 Å². The van der Waals surface area contributed by atoms with Crippen LogP contribution < -0.4 is 11.1 Å². The van der Waals surface area contributed by atoms with E-state index in [1.807, 2.05) is 12.2 Å².